The van der Waals surface area contributed by atoms with Crippen LogP contribution < -0.4 is 5.32 Å². The third-order valence-electron chi connectivity index (χ3n) is 6.92. The van der Waals surface area contributed by atoms with Crippen LogP contribution in [0.1, 0.15) is 36.5 Å². The Morgan fingerprint density at radius 2 is 1.38 bits per heavy atom. The van der Waals surface area contributed by atoms with E-state index >= 15 is 0 Å². The molecule has 1 saturated heterocycles. The number of hydrogen-bond donors (Lipinski definition) is 1. The summed E-state index contributed by atoms with van der Waals surface area (Å²) in [6.07, 6.45) is 1.04. The van der Waals surface area contributed by atoms with Gasteiger partial charge in [-0.3, -0.25) is 4.79 Å². The van der Waals surface area contributed by atoms with Crippen LogP contribution in [0.4, 0.5) is 0 Å². The van der Waals surface area contributed by atoms with Gasteiger partial charge < -0.3 is 5.32 Å². The van der Waals surface area contributed by atoms with Crippen molar-refractivity contribution in [1.82, 2.24) is 9.62 Å². The Balaban J connectivity index is 1.41. The molecular formula is C28H32N2O3S. The van der Waals surface area contributed by atoms with Crippen molar-refractivity contribution in [3.63, 3.8) is 0 Å². The van der Waals surface area contributed by atoms with E-state index in [-0.39, 0.29) is 17.2 Å². The Labute approximate surface area is 202 Å². The average Bonchev–Trinajstić information content (AvgIpc) is 2.88. The third-order valence-corrected chi connectivity index (χ3v) is 8.83. The summed E-state index contributed by atoms with van der Waals surface area (Å²) in [6.45, 7) is 5.25. The van der Waals surface area contributed by atoms with Gasteiger partial charge in [-0.2, -0.15) is 4.31 Å². The van der Waals surface area contributed by atoms with E-state index in [4.69, 9.17) is 0 Å². The number of nitrogens with zero attached hydrogens (tertiary/aromatic N) is 1. The van der Waals surface area contributed by atoms with E-state index < -0.39 is 10.0 Å². The number of rotatable bonds is 7. The van der Waals surface area contributed by atoms with E-state index in [2.05, 4.69) is 36.5 Å². The lowest BCUT2D eigenvalue weighted by atomic mass is 9.76. The summed E-state index contributed by atoms with van der Waals surface area (Å²) >= 11 is 0. The van der Waals surface area contributed by atoms with Crippen molar-refractivity contribution in [1.29, 1.82) is 0 Å². The lowest BCUT2D eigenvalue weighted by Gasteiger charge is -2.34. The first-order chi connectivity index (χ1) is 16.3. The second-order valence-corrected chi connectivity index (χ2v) is 11.2. The smallest absolute Gasteiger partial charge is 0.243 e. The monoisotopic (exact) mass is 476 g/mol. The molecule has 0 atom stereocenters. The van der Waals surface area contributed by atoms with Crippen LogP contribution in [0.15, 0.2) is 89.8 Å². The van der Waals surface area contributed by atoms with Gasteiger partial charge in [-0.25, -0.2) is 8.42 Å². The van der Waals surface area contributed by atoms with Crippen molar-refractivity contribution in [2.75, 3.05) is 19.6 Å². The molecule has 1 amide bonds. The molecule has 3 aromatic rings. The molecule has 1 fully saturated rings. The fourth-order valence-corrected chi connectivity index (χ4v) is 6.08. The molecule has 0 aromatic heterocycles. The number of benzene rings is 3. The quantitative estimate of drug-likeness (QED) is 0.545. The third kappa shape index (κ3) is 5.08. The molecule has 6 heteroatoms. The molecule has 34 heavy (non-hydrogen) atoms. The molecular weight excluding hydrogens is 444 g/mol. The number of carbonyl (C=O) groups excluding carboxylic acids is 1. The first-order valence-electron chi connectivity index (χ1n) is 11.8. The molecule has 1 N–H and O–H groups in total. The maximum absolute atomic E-state index is 13.1. The van der Waals surface area contributed by atoms with Crippen LogP contribution in [0.2, 0.25) is 0 Å². The summed E-state index contributed by atoms with van der Waals surface area (Å²) in [5, 5.41) is 3.17. The van der Waals surface area contributed by atoms with E-state index in [0.717, 1.165) is 16.7 Å². The van der Waals surface area contributed by atoms with Crippen LogP contribution in [0.25, 0.3) is 0 Å². The second-order valence-electron chi connectivity index (χ2n) is 9.27. The highest BCUT2D eigenvalue weighted by Crippen LogP contribution is 2.32. The summed E-state index contributed by atoms with van der Waals surface area (Å²) in [7, 11) is -3.53. The zero-order chi connectivity index (χ0) is 24.2. The standard InChI is InChI=1S/C28H32N2O3S/c1-22-13-15-26(16-14-22)34(32,33)30-19-17-23(18-20-30)27(31)29-21-28(2,24-9-5-3-6-10-24)25-11-7-4-8-12-25/h3-16,23H,17-21H2,1-2H3,(H,29,31). The predicted octanol–water partition coefficient (Wildman–Crippen LogP) is 4.52. The molecule has 0 unspecified atom stereocenters. The first-order valence-corrected chi connectivity index (χ1v) is 13.2. The van der Waals surface area contributed by atoms with Crippen LogP contribution in [-0.2, 0) is 20.2 Å². The molecule has 1 aliphatic rings. The minimum absolute atomic E-state index is 0.00882. The van der Waals surface area contributed by atoms with Crippen molar-refractivity contribution in [3.05, 3.63) is 102 Å². The van der Waals surface area contributed by atoms with Crippen LogP contribution in [-0.4, -0.2) is 38.3 Å². The van der Waals surface area contributed by atoms with Gasteiger partial charge in [0.25, 0.3) is 0 Å². The summed E-state index contributed by atoms with van der Waals surface area (Å²) in [4.78, 5) is 13.4. The zero-order valence-electron chi connectivity index (χ0n) is 19.8. The summed E-state index contributed by atoms with van der Waals surface area (Å²) in [5.74, 6) is -0.203. The highest BCUT2D eigenvalue weighted by atomic mass is 32.2. The Bertz CT molecular complexity index is 1160. The van der Waals surface area contributed by atoms with Crippen molar-refractivity contribution < 1.29 is 13.2 Å². The normalized spacial score (nSPS) is 15.7. The molecule has 1 aliphatic heterocycles. The van der Waals surface area contributed by atoms with Crippen molar-refractivity contribution in [2.45, 2.75) is 37.0 Å². The van der Waals surface area contributed by atoms with Gasteiger partial charge in [-0.05, 0) is 49.9 Å². The topological polar surface area (TPSA) is 66.5 Å². The summed E-state index contributed by atoms with van der Waals surface area (Å²) < 4.78 is 27.4. The van der Waals surface area contributed by atoms with E-state index in [1.807, 2.05) is 55.5 Å². The molecule has 1 heterocycles. The molecule has 0 radical (unpaired) electrons. The summed E-state index contributed by atoms with van der Waals surface area (Å²) in [6, 6.07) is 27.3. The van der Waals surface area contributed by atoms with Gasteiger partial charge in [0.15, 0.2) is 0 Å². The Morgan fingerprint density at radius 1 is 0.882 bits per heavy atom. The van der Waals surface area contributed by atoms with Gasteiger partial charge in [0, 0.05) is 31.0 Å². The number of sulfonamides is 1. The van der Waals surface area contributed by atoms with Crippen molar-refractivity contribution >= 4 is 15.9 Å². The fraction of sp³-hybridized carbons (Fsp3) is 0.321. The average molecular weight is 477 g/mol. The Morgan fingerprint density at radius 3 is 1.88 bits per heavy atom. The number of amides is 1. The van der Waals surface area contributed by atoms with E-state index in [0.29, 0.717) is 37.4 Å². The number of hydrogen-bond acceptors (Lipinski definition) is 3. The largest absolute Gasteiger partial charge is 0.355 e. The minimum Gasteiger partial charge on any atom is -0.355 e. The van der Waals surface area contributed by atoms with E-state index in [1.54, 1.807) is 12.1 Å². The highest BCUT2D eigenvalue weighted by Gasteiger charge is 2.34. The van der Waals surface area contributed by atoms with Crippen molar-refractivity contribution in [2.24, 2.45) is 5.92 Å². The number of carbonyl (C=O) groups is 1. The molecule has 0 aliphatic carbocycles. The van der Waals surface area contributed by atoms with Gasteiger partial charge in [-0.1, -0.05) is 78.4 Å². The fourth-order valence-electron chi connectivity index (χ4n) is 4.61. The van der Waals surface area contributed by atoms with Crippen LogP contribution in [0.3, 0.4) is 0 Å². The molecule has 178 valence electrons. The van der Waals surface area contributed by atoms with E-state index in [1.165, 1.54) is 4.31 Å². The van der Waals surface area contributed by atoms with Crippen LogP contribution in [0, 0.1) is 12.8 Å². The number of nitrogens with one attached hydrogen (secondary N) is 1. The maximum atomic E-state index is 13.1. The van der Waals surface area contributed by atoms with Gasteiger partial charge in [-0.15, -0.1) is 0 Å². The molecule has 4 rings (SSSR count). The lowest BCUT2D eigenvalue weighted by molar-refractivity contribution is -0.126. The maximum Gasteiger partial charge on any atom is 0.243 e. The minimum atomic E-state index is -3.53. The van der Waals surface area contributed by atoms with E-state index in [9.17, 15) is 13.2 Å². The second kappa shape index (κ2) is 10.1. The number of aryl methyl sites for hydroxylation is 1. The zero-order valence-corrected chi connectivity index (χ0v) is 20.6. The van der Waals surface area contributed by atoms with Crippen LogP contribution in [0.5, 0.6) is 0 Å². The van der Waals surface area contributed by atoms with Gasteiger partial charge in [0.1, 0.15) is 0 Å². The molecule has 3 aromatic carbocycles. The van der Waals surface area contributed by atoms with Gasteiger partial charge in [0.2, 0.25) is 15.9 Å². The van der Waals surface area contributed by atoms with Crippen LogP contribution >= 0.6 is 0 Å². The molecule has 0 bridgehead atoms. The molecule has 0 spiro atoms. The van der Waals surface area contributed by atoms with Crippen molar-refractivity contribution in [3.8, 4) is 0 Å². The Hall–Kier alpha value is -2.96. The Kier molecular flexibility index (Phi) is 7.19. The van der Waals surface area contributed by atoms with Gasteiger partial charge >= 0.3 is 0 Å². The number of piperidine rings is 1. The van der Waals surface area contributed by atoms with Gasteiger partial charge in [0.05, 0.1) is 4.90 Å². The first kappa shape index (κ1) is 24.2. The molecule has 5 nitrogen and oxygen atoms in total. The lowest BCUT2D eigenvalue weighted by Crippen LogP contribution is -2.46. The SMILES string of the molecule is Cc1ccc(S(=O)(=O)N2CCC(C(=O)NCC(C)(c3ccccc3)c3ccccc3)CC2)cc1. The predicted molar refractivity (Wildman–Crippen MR) is 135 cm³/mol. The molecule has 0 saturated carbocycles. The summed E-state index contributed by atoms with van der Waals surface area (Å²) in [5.41, 5.74) is 2.93. The highest BCUT2D eigenvalue weighted by molar-refractivity contribution is 7.89.